The number of ketones is 1. The van der Waals surface area contributed by atoms with Crippen molar-refractivity contribution >= 4 is 29.0 Å². The van der Waals surface area contributed by atoms with Crippen LogP contribution in [-0.2, 0) is 9.53 Å². The van der Waals surface area contributed by atoms with Crippen LogP contribution < -0.4 is 5.73 Å². The first kappa shape index (κ1) is 10.7. The fraction of sp³-hybridized carbons (Fsp3) is 0.889. The van der Waals surface area contributed by atoms with Crippen molar-refractivity contribution in [3.63, 3.8) is 0 Å². The summed E-state index contributed by atoms with van der Waals surface area (Å²) in [5.41, 5.74) is 4.37. The minimum atomic E-state index is -0.703. The van der Waals surface area contributed by atoms with Gasteiger partial charge in [0.15, 0.2) is 5.78 Å². The van der Waals surface area contributed by atoms with E-state index in [0.717, 1.165) is 6.42 Å². The van der Waals surface area contributed by atoms with Gasteiger partial charge in [0.2, 0.25) is 0 Å². The average molecular weight is 238 g/mol. The molecule has 0 amide bonds. The van der Waals surface area contributed by atoms with Crippen molar-refractivity contribution < 1.29 is 9.53 Å². The molecule has 0 radical (unpaired) electrons. The highest BCUT2D eigenvalue weighted by atomic mass is 35.5. The molecule has 0 aliphatic carbocycles. The Bertz CT molecular complexity index is 286. The van der Waals surface area contributed by atoms with Gasteiger partial charge in [-0.25, -0.2) is 0 Å². The van der Waals surface area contributed by atoms with Gasteiger partial charge in [0.25, 0.3) is 0 Å². The van der Waals surface area contributed by atoms with Crippen molar-refractivity contribution in [1.82, 2.24) is 0 Å². The number of hydrogen-bond acceptors (Lipinski definition) is 3. The van der Waals surface area contributed by atoms with Crippen LogP contribution in [0.25, 0.3) is 0 Å². The minimum absolute atomic E-state index is 0.148. The third kappa shape index (κ3) is 1.16. The molecule has 14 heavy (non-hydrogen) atoms. The van der Waals surface area contributed by atoms with E-state index in [0.29, 0.717) is 6.42 Å². The number of ether oxygens (including phenoxy) is 1. The van der Waals surface area contributed by atoms with Crippen LogP contribution in [0, 0.1) is 0 Å². The molecule has 0 spiro atoms. The smallest absolute Gasteiger partial charge is 0.174 e. The highest BCUT2D eigenvalue weighted by molar-refractivity contribution is 6.41. The second-order valence-corrected chi connectivity index (χ2v) is 5.18. The number of nitrogens with two attached hydrogens (primary N) is 1. The van der Waals surface area contributed by atoms with Gasteiger partial charge in [-0.1, -0.05) is 0 Å². The molecule has 80 valence electrons. The number of Topliss-reactive ketones (excluding diaryl/α,β-unsaturated/α-hetero) is 1. The van der Waals surface area contributed by atoms with E-state index in [-0.39, 0.29) is 12.3 Å². The van der Waals surface area contributed by atoms with Gasteiger partial charge in [-0.2, -0.15) is 0 Å². The Labute approximate surface area is 92.9 Å². The third-order valence-corrected chi connectivity index (χ3v) is 4.61. The number of halogens is 2. The molecular formula is C9H13Cl2NO2. The topological polar surface area (TPSA) is 52.3 Å². The number of fused-ring (bicyclic) bond motifs is 2. The second-order valence-electron chi connectivity index (χ2n) is 4.31. The van der Waals surface area contributed by atoms with Crippen molar-refractivity contribution in [2.75, 3.05) is 6.54 Å². The molecule has 3 nitrogen and oxygen atoms in total. The summed E-state index contributed by atoms with van der Waals surface area (Å²) in [5, 5.41) is -1.35. The van der Waals surface area contributed by atoms with Gasteiger partial charge in [0, 0.05) is 6.54 Å². The van der Waals surface area contributed by atoms with Crippen molar-refractivity contribution in [3.05, 3.63) is 0 Å². The molecule has 2 aliphatic rings. The maximum absolute atomic E-state index is 11.8. The van der Waals surface area contributed by atoms with Gasteiger partial charge in [0.05, 0.1) is 5.60 Å². The Kier molecular flexibility index (Phi) is 2.35. The van der Waals surface area contributed by atoms with Crippen LogP contribution in [0.1, 0.15) is 19.8 Å². The van der Waals surface area contributed by atoms with Gasteiger partial charge in [-0.15, -0.1) is 23.2 Å². The lowest BCUT2D eigenvalue weighted by Gasteiger charge is -2.42. The van der Waals surface area contributed by atoms with Gasteiger partial charge >= 0.3 is 0 Å². The van der Waals surface area contributed by atoms with Gasteiger partial charge < -0.3 is 10.5 Å². The van der Waals surface area contributed by atoms with Crippen LogP contribution >= 0.6 is 23.2 Å². The lowest BCUT2D eigenvalue weighted by atomic mass is 9.91. The van der Waals surface area contributed by atoms with Crippen LogP contribution in [0.5, 0.6) is 0 Å². The number of rotatable bonds is 1. The Hall–Kier alpha value is 0.170. The van der Waals surface area contributed by atoms with Crippen molar-refractivity contribution in [1.29, 1.82) is 0 Å². The van der Waals surface area contributed by atoms with Crippen LogP contribution in [0.3, 0.4) is 0 Å². The number of hydrogen-bond donors (Lipinski definition) is 1. The highest BCUT2D eigenvalue weighted by Crippen LogP contribution is 2.49. The first-order valence-corrected chi connectivity index (χ1v) is 5.55. The summed E-state index contributed by atoms with van der Waals surface area (Å²) in [5.74, 6) is -0.148. The summed E-state index contributed by atoms with van der Waals surface area (Å²) in [4.78, 5) is 11.8. The molecule has 2 heterocycles. The quantitative estimate of drug-likeness (QED) is 0.694. The summed E-state index contributed by atoms with van der Waals surface area (Å²) in [6, 6.07) is 0. The predicted molar refractivity (Wildman–Crippen MR) is 54.8 cm³/mol. The molecule has 0 aromatic rings. The summed E-state index contributed by atoms with van der Waals surface area (Å²) in [7, 11) is 0. The molecule has 2 rings (SSSR count). The summed E-state index contributed by atoms with van der Waals surface area (Å²) < 4.78 is 5.81. The van der Waals surface area contributed by atoms with Gasteiger partial charge in [-0.3, -0.25) is 4.79 Å². The average Bonchev–Trinajstić information content (AvgIpc) is 2.52. The monoisotopic (exact) mass is 237 g/mol. The third-order valence-electron chi connectivity index (χ3n) is 3.32. The normalized spacial score (nSPS) is 52.4. The van der Waals surface area contributed by atoms with E-state index in [9.17, 15) is 4.79 Å². The van der Waals surface area contributed by atoms with Crippen molar-refractivity contribution in [2.45, 2.75) is 41.7 Å². The van der Waals surface area contributed by atoms with E-state index in [2.05, 4.69) is 0 Å². The van der Waals surface area contributed by atoms with E-state index in [1.807, 2.05) is 6.92 Å². The highest BCUT2D eigenvalue weighted by Gasteiger charge is 2.62. The first-order chi connectivity index (χ1) is 6.45. The molecule has 0 aromatic heterocycles. The van der Waals surface area contributed by atoms with Gasteiger partial charge in [-0.05, 0) is 19.8 Å². The van der Waals surface area contributed by atoms with E-state index >= 15 is 0 Å². The summed E-state index contributed by atoms with van der Waals surface area (Å²) >= 11 is 12.0. The molecular weight excluding hydrogens is 225 g/mol. The van der Waals surface area contributed by atoms with Crippen LogP contribution in [0.15, 0.2) is 0 Å². The molecule has 5 heteroatoms. The van der Waals surface area contributed by atoms with E-state index in [4.69, 9.17) is 33.7 Å². The molecule has 0 aromatic carbocycles. The zero-order chi connectivity index (χ0) is 10.6. The molecule has 2 N–H and O–H groups in total. The maximum Gasteiger partial charge on any atom is 0.174 e. The number of alkyl halides is 2. The molecule has 2 aliphatic heterocycles. The van der Waals surface area contributed by atoms with Crippen LogP contribution in [-0.4, -0.2) is 34.3 Å². The standard InChI is InChI=1S/C9H13Cl2NO2/c1-8-2-3-9(4-12,14-8)7(11)5(13)6(8)10/h6-7H,2-4,12H2,1H3/t6-,7+,8-,9-/m0/s1. The SMILES string of the molecule is C[C@@]12CC[C@@](CN)(O1)[C@H](Cl)C(=O)[C@@H]2Cl. The zero-order valence-electron chi connectivity index (χ0n) is 7.93. The lowest BCUT2D eigenvalue weighted by molar-refractivity contribution is -0.151. The predicted octanol–water partition coefficient (Wildman–Crippen LogP) is 1.05. The Balaban J connectivity index is 2.39. The van der Waals surface area contributed by atoms with Crippen LogP contribution in [0.2, 0.25) is 0 Å². The number of carbonyl (C=O) groups excluding carboxylic acids is 1. The fourth-order valence-electron chi connectivity index (χ4n) is 2.32. The molecule has 4 atom stereocenters. The minimum Gasteiger partial charge on any atom is -0.363 e. The zero-order valence-corrected chi connectivity index (χ0v) is 9.44. The molecule has 2 fully saturated rings. The van der Waals surface area contributed by atoms with E-state index in [1.54, 1.807) is 0 Å². The maximum atomic E-state index is 11.8. The van der Waals surface area contributed by atoms with Crippen molar-refractivity contribution in [2.24, 2.45) is 5.73 Å². The van der Waals surface area contributed by atoms with Crippen molar-refractivity contribution in [3.8, 4) is 0 Å². The molecule has 2 saturated heterocycles. The summed E-state index contributed by atoms with van der Waals surface area (Å²) in [6.07, 6.45) is 1.45. The largest absolute Gasteiger partial charge is 0.363 e. The second kappa shape index (κ2) is 3.08. The molecule has 2 bridgehead atoms. The Morgan fingerprint density at radius 1 is 1.50 bits per heavy atom. The number of carbonyl (C=O) groups is 1. The summed E-state index contributed by atoms with van der Waals surface area (Å²) in [6.45, 7) is 2.12. The lowest BCUT2D eigenvalue weighted by Crippen LogP contribution is -2.60. The van der Waals surface area contributed by atoms with Crippen LogP contribution in [0.4, 0.5) is 0 Å². The first-order valence-electron chi connectivity index (χ1n) is 4.67. The Morgan fingerprint density at radius 2 is 2.14 bits per heavy atom. The molecule has 0 unspecified atom stereocenters. The fourth-order valence-corrected chi connectivity index (χ4v) is 3.03. The van der Waals surface area contributed by atoms with E-state index < -0.39 is 22.0 Å². The Morgan fingerprint density at radius 3 is 2.71 bits per heavy atom. The molecule has 0 saturated carbocycles. The van der Waals surface area contributed by atoms with Gasteiger partial charge in [0.1, 0.15) is 16.4 Å². The van der Waals surface area contributed by atoms with E-state index in [1.165, 1.54) is 0 Å².